The highest BCUT2D eigenvalue weighted by atomic mass is 35.5. The van der Waals surface area contributed by atoms with Crippen LogP contribution in [0.4, 0.5) is 5.82 Å². The number of amides is 1. The third-order valence-electron chi connectivity index (χ3n) is 8.78. The van der Waals surface area contributed by atoms with Crippen molar-refractivity contribution in [1.82, 2.24) is 4.98 Å². The summed E-state index contributed by atoms with van der Waals surface area (Å²) in [5, 5.41) is 3.76. The highest BCUT2D eigenvalue weighted by molar-refractivity contribution is 6.30. The second-order valence-electron chi connectivity index (χ2n) is 10.6. The zero-order valence-corrected chi connectivity index (χ0v) is 20.3. The van der Waals surface area contributed by atoms with Crippen LogP contribution in [-0.4, -0.2) is 16.7 Å². The number of ketones is 1. The number of halogens is 1. The molecule has 0 bridgehead atoms. The molecule has 2 saturated carbocycles. The quantitative estimate of drug-likeness (QED) is 0.549. The number of hydrogen-bond donors (Lipinski definition) is 1. The molecule has 4 nitrogen and oxygen atoms in total. The van der Waals surface area contributed by atoms with Gasteiger partial charge in [-0.2, -0.15) is 0 Å². The molecular formula is C28H33ClN2O2. The maximum atomic E-state index is 13.2. The van der Waals surface area contributed by atoms with Crippen LogP contribution in [0.3, 0.4) is 0 Å². The van der Waals surface area contributed by atoms with E-state index >= 15 is 0 Å². The van der Waals surface area contributed by atoms with Crippen LogP contribution in [0.1, 0.15) is 74.5 Å². The minimum absolute atomic E-state index is 0.00822. The number of carbonyl (C=O) groups is 2. The third kappa shape index (κ3) is 4.12. The van der Waals surface area contributed by atoms with Crippen molar-refractivity contribution < 1.29 is 9.59 Å². The van der Waals surface area contributed by atoms with Crippen molar-refractivity contribution in [3.05, 3.63) is 58.2 Å². The second-order valence-corrected chi connectivity index (χ2v) is 11.1. The average molecular weight is 465 g/mol. The van der Waals surface area contributed by atoms with Gasteiger partial charge < -0.3 is 5.32 Å². The Morgan fingerprint density at radius 3 is 2.94 bits per heavy atom. The van der Waals surface area contributed by atoms with E-state index in [2.05, 4.69) is 29.4 Å². The minimum atomic E-state index is -0.191. The summed E-state index contributed by atoms with van der Waals surface area (Å²) in [6.45, 7) is 4.17. The third-order valence-corrected chi connectivity index (χ3v) is 9.01. The molecule has 3 aliphatic carbocycles. The van der Waals surface area contributed by atoms with E-state index < -0.39 is 0 Å². The number of nitrogens with zero attached hydrogens (tertiary/aromatic N) is 1. The molecule has 174 valence electrons. The Hall–Kier alpha value is -2.20. The van der Waals surface area contributed by atoms with E-state index in [-0.39, 0.29) is 11.3 Å². The molecule has 1 heterocycles. The molecule has 0 aliphatic heterocycles. The monoisotopic (exact) mass is 464 g/mol. The van der Waals surface area contributed by atoms with Crippen LogP contribution in [0.15, 0.2) is 36.5 Å². The molecule has 5 atom stereocenters. The van der Waals surface area contributed by atoms with Crippen molar-refractivity contribution in [2.45, 2.75) is 71.1 Å². The number of Topliss-reactive ketones (excluding diaryl/α,β-unsaturated/α-hetero) is 1. The van der Waals surface area contributed by atoms with Crippen LogP contribution >= 0.6 is 11.6 Å². The van der Waals surface area contributed by atoms with E-state index in [1.807, 2.05) is 25.1 Å². The molecule has 1 N–H and O–H groups in total. The van der Waals surface area contributed by atoms with Crippen molar-refractivity contribution in [2.75, 3.05) is 5.32 Å². The molecular weight excluding hydrogens is 432 g/mol. The fourth-order valence-corrected chi connectivity index (χ4v) is 7.41. The Morgan fingerprint density at radius 1 is 1.27 bits per heavy atom. The van der Waals surface area contributed by atoms with Crippen LogP contribution < -0.4 is 5.32 Å². The van der Waals surface area contributed by atoms with Gasteiger partial charge in [-0.25, -0.2) is 4.98 Å². The molecule has 5 rings (SSSR count). The smallest absolute Gasteiger partial charge is 0.225 e. The number of pyridine rings is 1. The van der Waals surface area contributed by atoms with E-state index in [1.165, 1.54) is 11.1 Å². The molecule has 1 amide bonds. The highest BCUT2D eigenvalue weighted by Crippen LogP contribution is 2.62. The van der Waals surface area contributed by atoms with Gasteiger partial charge in [0.1, 0.15) is 11.6 Å². The predicted molar refractivity (Wildman–Crippen MR) is 131 cm³/mol. The van der Waals surface area contributed by atoms with Crippen molar-refractivity contribution in [3.8, 4) is 0 Å². The lowest BCUT2D eigenvalue weighted by atomic mass is 9.54. The van der Waals surface area contributed by atoms with E-state index in [0.29, 0.717) is 48.1 Å². The summed E-state index contributed by atoms with van der Waals surface area (Å²) in [6.07, 6.45) is 8.87. The van der Waals surface area contributed by atoms with Crippen molar-refractivity contribution >= 4 is 29.1 Å². The van der Waals surface area contributed by atoms with Crippen LogP contribution in [0.5, 0.6) is 0 Å². The first-order valence-corrected chi connectivity index (χ1v) is 12.8. The molecule has 1 aromatic heterocycles. The fraction of sp³-hybridized carbons (Fsp3) is 0.536. The van der Waals surface area contributed by atoms with Gasteiger partial charge in [-0.05, 0) is 104 Å². The number of fused-ring (bicyclic) bond motifs is 5. The van der Waals surface area contributed by atoms with E-state index in [4.69, 9.17) is 11.6 Å². The molecule has 0 spiro atoms. The lowest BCUT2D eigenvalue weighted by molar-refractivity contribution is -0.129. The Balaban J connectivity index is 1.27. The minimum Gasteiger partial charge on any atom is -0.310 e. The first kappa shape index (κ1) is 22.6. The molecule has 0 saturated heterocycles. The first-order valence-electron chi connectivity index (χ1n) is 12.4. The van der Waals surface area contributed by atoms with Crippen LogP contribution in [0, 0.1) is 30.1 Å². The molecule has 3 aliphatic rings. The summed E-state index contributed by atoms with van der Waals surface area (Å²) in [7, 11) is 0. The SMILES string of the molecule is Cc1cccnc1NC(=O)CCC[C@@H]1CC(=O)[C@@]2(C)CCC3c4ccc(Cl)cc4CCC3C12. The standard InChI is InChI=1S/C28H33ClN2O2/c1-17-5-4-14-30-27(17)31-25(33)7-3-6-19-16-24(32)28(2)13-12-22-21-11-9-20(29)15-18(21)8-10-23(22)26(19)28/h4-5,9,11,14-15,19,22-23,26H,3,6-8,10,12-13,16H2,1-2H3,(H,30,31,33)/t19-,22?,23?,26?,28-/m1/s1. The Labute approximate surface area is 201 Å². The molecule has 2 aromatic rings. The molecule has 1 aromatic carbocycles. The van der Waals surface area contributed by atoms with Gasteiger partial charge in [0.2, 0.25) is 5.91 Å². The Bertz CT molecular complexity index is 1080. The van der Waals surface area contributed by atoms with Gasteiger partial charge in [0.05, 0.1) is 0 Å². The van der Waals surface area contributed by atoms with E-state index in [0.717, 1.165) is 49.1 Å². The number of hydrogen-bond acceptors (Lipinski definition) is 3. The van der Waals surface area contributed by atoms with Gasteiger partial charge in [-0.1, -0.05) is 30.7 Å². The maximum Gasteiger partial charge on any atom is 0.225 e. The summed E-state index contributed by atoms with van der Waals surface area (Å²) < 4.78 is 0. The Kier molecular flexibility index (Phi) is 6.07. The van der Waals surface area contributed by atoms with Gasteiger partial charge in [0, 0.05) is 29.5 Å². The summed E-state index contributed by atoms with van der Waals surface area (Å²) in [6, 6.07) is 10.2. The summed E-state index contributed by atoms with van der Waals surface area (Å²) in [5.74, 6) is 3.00. The zero-order valence-electron chi connectivity index (χ0n) is 19.6. The number of nitrogens with one attached hydrogen (secondary N) is 1. The summed E-state index contributed by atoms with van der Waals surface area (Å²) in [4.78, 5) is 29.9. The van der Waals surface area contributed by atoms with Crippen molar-refractivity contribution in [3.63, 3.8) is 0 Å². The fourth-order valence-electron chi connectivity index (χ4n) is 7.21. The molecule has 0 radical (unpaired) electrons. The molecule has 33 heavy (non-hydrogen) atoms. The summed E-state index contributed by atoms with van der Waals surface area (Å²) >= 11 is 6.27. The summed E-state index contributed by atoms with van der Waals surface area (Å²) in [5.41, 5.74) is 3.63. The first-order chi connectivity index (χ1) is 15.9. The van der Waals surface area contributed by atoms with Gasteiger partial charge >= 0.3 is 0 Å². The number of carbonyl (C=O) groups excluding carboxylic acids is 2. The van der Waals surface area contributed by atoms with Crippen molar-refractivity contribution in [1.29, 1.82) is 0 Å². The lowest BCUT2D eigenvalue weighted by Crippen LogP contribution is -2.44. The van der Waals surface area contributed by atoms with Gasteiger partial charge in [0.15, 0.2) is 0 Å². The van der Waals surface area contributed by atoms with Crippen LogP contribution in [0.2, 0.25) is 5.02 Å². The van der Waals surface area contributed by atoms with Gasteiger partial charge in [-0.3, -0.25) is 9.59 Å². The van der Waals surface area contributed by atoms with Crippen LogP contribution in [0.25, 0.3) is 0 Å². The zero-order chi connectivity index (χ0) is 23.2. The number of aromatic nitrogens is 1. The molecule has 3 unspecified atom stereocenters. The lowest BCUT2D eigenvalue weighted by Gasteiger charge is -2.50. The molecule has 5 heteroatoms. The largest absolute Gasteiger partial charge is 0.310 e. The van der Waals surface area contributed by atoms with Gasteiger partial charge in [-0.15, -0.1) is 0 Å². The Morgan fingerprint density at radius 2 is 2.12 bits per heavy atom. The number of rotatable bonds is 5. The topological polar surface area (TPSA) is 59.1 Å². The average Bonchev–Trinajstić information content (AvgIpc) is 3.05. The normalized spacial score (nSPS) is 30.3. The second kappa shape index (κ2) is 8.87. The van der Waals surface area contributed by atoms with E-state index in [1.54, 1.807) is 6.20 Å². The number of anilines is 1. The highest BCUT2D eigenvalue weighted by Gasteiger charge is 2.58. The maximum absolute atomic E-state index is 13.2. The predicted octanol–water partition coefficient (Wildman–Crippen LogP) is 6.50. The van der Waals surface area contributed by atoms with Crippen LogP contribution in [-0.2, 0) is 16.0 Å². The number of aryl methyl sites for hydroxylation is 2. The van der Waals surface area contributed by atoms with Gasteiger partial charge in [0.25, 0.3) is 0 Å². The number of benzene rings is 1. The molecule has 2 fully saturated rings. The van der Waals surface area contributed by atoms with E-state index in [9.17, 15) is 9.59 Å². The van der Waals surface area contributed by atoms with Crippen molar-refractivity contribution in [2.24, 2.45) is 23.2 Å².